The second-order valence-corrected chi connectivity index (χ2v) is 4.41. The van der Waals surface area contributed by atoms with Crippen molar-refractivity contribution in [1.29, 1.82) is 0 Å². The monoisotopic (exact) mass is 221 g/mol. The van der Waals surface area contributed by atoms with Crippen molar-refractivity contribution in [3.8, 4) is 0 Å². The smallest absolute Gasteiger partial charge is 0.253 e. The van der Waals surface area contributed by atoms with Crippen LogP contribution in [0, 0.1) is 12.8 Å². The third-order valence-electron chi connectivity index (χ3n) is 2.71. The number of carbonyl (C=O) groups is 1. The first-order valence-electron chi connectivity index (χ1n) is 5.44. The van der Waals surface area contributed by atoms with Crippen molar-refractivity contribution >= 4 is 11.6 Å². The van der Waals surface area contributed by atoms with Crippen molar-refractivity contribution in [3.05, 3.63) is 23.5 Å². The molecule has 88 valence electrons. The molecule has 4 heteroatoms. The summed E-state index contributed by atoms with van der Waals surface area (Å²) in [7, 11) is 0. The molecular formula is C12H19N3O. The lowest BCUT2D eigenvalue weighted by atomic mass is 10.1. The van der Waals surface area contributed by atoms with Crippen LogP contribution in [-0.4, -0.2) is 16.9 Å². The standard InChI is InChI=1S/C12H19N3O/c1-7(2)8(3)15-12(16)11-5-10(13)6-14-9(11)4/h5-8H,13H2,1-4H3,(H,15,16). The minimum atomic E-state index is -0.113. The van der Waals surface area contributed by atoms with Gasteiger partial charge >= 0.3 is 0 Å². The summed E-state index contributed by atoms with van der Waals surface area (Å²) in [5, 5.41) is 2.93. The van der Waals surface area contributed by atoms with E-state index in [-0.39, 0.29) is 11.9 Å². The number of nitrogens with one attached hydrogen (secondary N) is 1. The SMILES string of the molecule is Cc1ncc(N)cc1C(=O)NC(C)C(C)C. The number of carbonyl (C=O) groups excluding carboxylic acids is 1. The molecule has 0 aliphatic heterocycles. The van der Waals surface area contributed by atoms with Gasteiger partial charge in [0.1, 0.15) is 0 Å². The van der Waals surface area contributed by atoms with Crippen molar-refractivity contribution in [2.24, 2.45) is 5.92 Å². The largest absolute Gasteiger partial charge is 0.397 e. The molecule has 0 spiro atoms. The molecule has 0 radical (unpaired) electrons. The van der Waals surface area contributed by atoms with E-state index in [4.69, 9.17) is 5.73 Å². The number of aryl methyl sites for hydroxylation is 1. The first-order chi connectivity index (χ1) is 7.41. The maximum atomic E-state index is 11.9. The lowest BCUT2D eigenvalue weighted by Crippen LogP contribution is -2.36. The lowest BCUT2D eigenvalue weighted by Gasteiger charge is -2.18. The molecule has 0 aromatic carbocycles. The average Bonchev–Trinajstić information content (AvgIpc) is 2.21. The van der Waals surface area contributed by atoms with Gasteiger partial charge in [0, 0.05) is 6.04 Å². The van der Waals surface area contributed by atoms with Gasteiger partial charge in [-0.1, -0.05) is 13.8 Å². The first kappa shape index (κ1) is 12.5. The zero-order valence-corrected chi connectivity index (χ0v) is 10.2. The van der Waals surface area contributed by atoms with Gasteiger partial charge in [0.25, 0.3) is 5.91 Å². The topological polar surface area (TPSA) is 68.0 Å². The fraction of sp³-hybridized carbons (Fsp3) is 0.500. The molecule has 0 saturated heterocycles. The van der Waals surface area contributed by atoms with E-state index in [1.54, 1.807) is 19.2 Å². The second-order valence-electron chi connectivity index (χ2n) is 4.41. The molecule has 1 heterocycles. The molecule has 4 nitrogen and oxygen atoms in total. The van der Waals surface area contributed by atoms with Gasteiger partial charge < -0.3 is 11.1 Å². The summed E-state index contributed by atoms with van der Waals surface area (Å²) in [5.41, 5.74) is 7.37. The maximum absolute atomic E-state index is 11.9. The van der Waals surface area contributed by atoms with E-state index in [1.807, 2.05) is 6.92 Å². The number of hydrogen-bond acceptors (Lipinski definition) is 3. The Balaban J connectivity index is 2.84. The van der Waals surface area contributed by atoms with Crippen LogP contribution in [0.4, 0.5) is 5.69 Å². The lowest BCUT2D eigenvalue weighted by molar-refractivity contribution is 0.0929. The van der Waals surface area contributed by atoms with Crippen molar-refractivity contribution < 1.29 is 4.79 Å². The Morgan fingerprint density at radius 2 is 2.06 bits per heavy atom. The summed E-state index contributed by atoms with van der Waals surface area (Å²) >= 11 is 0. The van der Waals surface area contributed by atoms with Crippen LogP contribution in [0.25, 0.3) is 0 Å². The fourth-order valence-electron chi connectivity index (χ4n) is 1.23. The molecule has 3 N–H and O–H groups in total. The van der Waals surface area contributed by atoms with E-state index in [9.17, 15) is 4.79 Å². The van der Waals surface area contributed by atoms with Crippen LogP contribution in [-0.2, 0) is 0 Å². The van der Waals surface area contributed by atoms with Crippen molar-refractivity contribution in [2.45, 2.75) is 33.7 Å². The highest BCUT2D eigenvalue weighted by molar-refractivity contribution is 5.96. The number of nitrogen functional groups attached to an aromatic ring is 1. The van der Waals surface area contributed by atoms with E-state index in [1.165, 1.54) is 0 Å². The summed E-state index contributed by atoms with van der Waals surface area (Å²) in [5.74, 6) is 0.289. The molecule has 1 unspecified atom stereocenters. The maximum Gasteiger partial charge on any atom is 0.253 e. The van der Waals surface area contributed by atoms with Gasteiger partial charge in [-0.2, -0.15) is 0 Å². The minimum absolute atomic E-state index is 0.113. The average molecular weight is 221 g/mol. The van der Waals surface area contributed by atoms with Gasteiger partial charge in [-0.25, -0.2) is 0 Å². The summed E-state index contributed by atoms with van der Waals surface area (Å²) in [6, 6.07) is 1.79. The van der Waals surface area contributed by atoms with Gasteiger partial charge in [-0.3, -0.25) is 9.78 Å². The number of anilines is 1. The van der Waals surface area contributed by atoms with E-state index < -0.39 is 0 Å². The van der Waals surface area contributed by atoms with Crippen LogP contribution >= 0.6 is 0 Å². The number of pyridine rings is 1. The third kappa shape index (κ3) is 2.95. The highest BCUT2D eigenvalue weighted by Gasteiger charge is 2.14. The normalized spacial score (nSPS) is 12.6. The van der Waals surface area contributed by atoms with Crippen LogP contribution in [0.2, 0.25) is 0 Å². The van der Waals surface area contributed by atoms with Crippen molar-refractivity contribution in [2.75, 3.05) is 5.73 Å². The fourth-order valence-corrected chi connectivity index (χ4v) is 1.23. The number of aromatic nitrogens is 1. The van der Waals surface area contributed by atoms with Crippen molar-refractivity contribution in [3.63, 3.8) is 0 Å². The van der Waals surface area contributed by atoms with E-state index in [0.29, 0.717) is 22.9 Å². The summed E-state index contributed by atoms with van der Waals surface area (Å²) < 4.78 is 0. The summed E-state index contributed by atoms with van der Waals surface area (Å²) in [4.78, 5) is 16.0. The molecule has 16 heavy (non-hydrogen) atoms. The van der Waals surface area contributed by atoms with Crippen LogP contribution in [0.1, 0.15) is 36.8 Å². The number of hydrogen-bond donors (Lipinski definition) is 2. The zero-order chi connectivity index (χ0) is 12.3. The molecule has 0 aliphatic rings. The Morgan fingerprint density at radius 3 is 2.62 bits per heavy atom. The molecule has 0 aliphatic carbocycles. The second kappa shape index (κ2) is 4.96. The van der Waals surface area contributed by atoms with Crippen LogP contribution in [0.3, 0.4) is 0 Å². The predicted octanol–water partition coefficient (Wildman–Crippen LogP) is 1.75. The van der Waals surface area contributed by atoms with Gasteiger partial charge in [0.2, 0.25) is 0 Å². The van der Waals surface area contributed by atoms with E-state index in [2.05, 4.69) is 24.1 Å². The quantitative estimate of drug-likeness (QED) is 0.817. The highest BCUT2D eigenvalue weighted by Crippen LogP contribution is 2.10. The molecule has 1 amide bonds. The molecule has 1 aromatic heterocycles. The molecule has 0 fully saturated rings. The van der Waals surface area contributed by atoms with E-state index in [0.717, 1.165) is 0 Å². The van der Waals surface area contributed by atoms with Crippen LogP contribution in [0.15, 0.2) is 12.3 Å². The molecule has 0 saturated carbocycles. The number of nitrogens with two attached hydrogens (primary N) is 1. The Hall–Kier alpha value is -1.58. The third-order valence-corrected chi connectivity index (χ3v) is 2.71. The Bertz CT molecular complexity index is 388. The molecular weight excluding hydrogens is 202 g/mol. The summed E-state index contributed by atoms with van der Waals surface area (Å²) in [6.07, 6.45) is 1.55. The minimum Gasteiger partial charge on any atom is -0.397 e. The number of rotatable bonds is 3. The Kier molecular flexibility index (Phi) is 3.88. The molecule has 1 aromatic rings. The van der Waals surface area contributed by atoms with Gasteiger partial charge in [0.05, 0.1) is 23.1 Å². The Labute approximate surface area is 96.3 Å². The summed E-state index contributed by atoms with van der Waals surface area (Å²) in [6.45, 7) is 7.91. The van der Waals surface area contributed by atoms with Crippen LogP contribution < -0.4 is 11.1 Å². The van der Waals surface area contributed by atoms with Gasteiger partial charge in [0.15, 0.2) is 0 Å². The van der Waals surface area contributed by atoms with Gasteiger partial charge in [-0.05, 0) is 25.8 Å². The number of amides is 1. The van der Waals surface area contributed by atoms with Crippen LogP contribution in [0.5, 0.6) is 0 Å². The number of nitrogens with zero attached hydrogens (tertiary/aromatic N) is 1. The molecule has 1 rings (SSSR count). The molecule has 0 bridgehead atoms. The van der Waals surface area contributed by atoms with Gasteiger partial charge in [-0.15, -0.1) is 0 Å². The molecule has 1 atom stereocenters. The highest BCUT2D eigenvalue weighted by atomic mass is 16.1. The predicted molar refractivity (Wildman–Crippen MR) is 65.2 cm³/mol. The Morgan fingerprint density at radius 1 is 1.44 bits per heavy atom. The van der Waals surface area contributed by atoms with E-state index >= 15 is 0 Å². The zero-order valence-electron chi connectivity index (χ0n) is 10.2. The van der Waals surface area contributed by atoms with Crippen molar-refractivity contribution in [1.82, 2.24) is 10.3 Å². The first-order valence-corrected chi connectivity index (χ1v) is 5.44.